The lowest BCUT2D eigenvalue weighted by Gasteiger charge is -2.15. The summed E-state index contributed by atoms with van der Waals surface area (Å²) in [7, 11) is 4.07. The van der Waals surface area contributed by atoms with Gasteiger partial charge in [0.1, 0.15) is 0 Å². The van der Waals surface area contributed by atoms with Gasteiger partial charge >= 0.3 is 0 Å². The normalized spacial score (nSPS) is 12.2. The van der Waals surface area contributed by atoms with Gasteiger partial charge in [0.2, 0.25) is 0 Å². The van der Waals surface area contributed by atoms with Crippen molar-refractivity contribution < 1.29 is 0 Å². The molecule has 1 atom stereocenters. The molecule has 3 heteroatoms. The second kappa shape index (κ2) is 6.09. The van der Waals surface area contributed by atoms with Crippen LogP contribution in [-0.2, 0) is 6.42 Å². The molecule has 2 rings (SSSR count). The molecule has 0 saturated heterocycles. The Morgan fingerprint density at radius 3 is 2.11 bits per heavy atom. The summed E-state index contributed by atoms with van der Waals surface area (Å²) < 4.78 is 0. The molecule has 0 fully saturated rings. The first-order valence-corrected chi connectivity index (χ1v) is 6.71. The van der Waals surface area contributed by atoms with Gasteiger partial charge in [-0.2, -0.15) is 0 Å². The fourth-order valence-electron chi connectivity index (χ4n) is 2.01. The van der Waals surface area contributed by atoms with Crippen molar-refractivity contribution in [1.29, 1.82) is 0 Å². The van der Waals surface area contributed by atoms with Crippen molar-refractivity contribution in [3.8, 4) is 0 Å². The lowest BCUT2D eigenvalue weighted by Crippen LogP contribution is -2.13. The van der Waals surface area contributed by atoms with Crippen molar-refractivity contribution in [3.63, 3.8) is 0 Å². The Kier molecular flexibility index (Phi) is 4.46. The maximum Gasteiger partial charge on any atom is 0.0406 e. The average molecular weight is 275 g/mol. The van der Waals surface area contributed by atoms with Gasteiger partial charge < -0.3 is 10.6 Å². The van der Waals surface area contributed by atoms with Gasteiger partial charge in [-0.15, -0.1) is 0 Å². The summed E-state index contributed by atoms with van der Waals surface area (Å²) in [4.78, 5) is 2.09. The van der Waals surface area contributed by atoms with Crippen LogP contribution in [0.4, 0.5) is 5.69 Å². The predicted molar refractivity (Wildman–Crippen MR) is 82.9 cm³/mol. The number of rotatable bonds is 4. The molecule has 1 unspecified atom stereocenters. The first-order chi connectivity index (χ1) is 9.06. The van der Waals surface area contributed by atoms with E-state index in [-0.39, 0.29) is 6.04 Å². The van der Waals surface area contributed by atoms with Crippen LogP contribution in [0.1, 0.15) is 17.2 Å². The molecule has 0 aliphatic heterocycles. The van der Waals surface area contributed by atoms with E-state index in [1.165, 1.54) is 11.3 Å². The molecule has 0 bridgehead atoms. The molecule has 0 spiro atoms. The van der Waals surface area contributed by atoms with Crippen molar-refractivity contribution in [3.05, 3.63) is 64.7 Å². The predicted octanol–water partition coefficient (Wildman–Crippen LogP) is 3.65. The second-order valence-electron chi connectivity index (χ2n) is 4.92. The molecule has 0 radical (unpaired) electrons. The Morgan fingerprint density at radius 2 is 1.58 bits per heavy atom. The zero-order valence-electron chi connectivity index (χ0n) is 11.3. The van der Waals surface area contributed by atoms with Crippen LogP contribution in [0.2, 0.25) is 5.02 Å². The van der Waals surface area contributed by atoms with E-state index in [4.69, 9.17) is 17.3 Å². The van der Waals surface area contributed by atoms with Crippen molar-refractivity contribution >= 4 is 17.3 Å². The number of benzene rings is 2. The van der Waals surface area contributed by atoms with Crippen LogP contribution in [-0.4, -0.2) is 14.1 Å². The molecule has 19 heavy (non-hydrogen) atoms. The van der Waals surface area contributed by atoms with E-state index >= 15 is 0 Å². The van der Waals surface area contributed by atoms with Crippen LogP contribution in [0, 0.1) is 0 Å². The minimum absolute atomic E-state index is 0.00229. The van der Waals surface area contributed by atoms with Crippen LogP contribution in [0.25, 0.3) is 0 Å². The van der Waals surface area contributed by atoms with Gasteiger partial charge in [0, 0.05) is 30.8 Å². The number of hydrogen-bond donors (Lipinski definition) is 1. The molecule has 0 aliphatic carbocycles. The van der Waals surface area contributed by atoms with E-state index in [2.05, 4.69) is 29.2 Å². The fraction of sp³-hybridized carbons (Fsp3) is 0.250. The van der Waals surface area contributed by atoms with Gasteiger partial charge in [-0.25, -0.2) is 0 Å². The van der Waals surface area contributed by atoms with E-state index in [0.717, 1.165) is 17.0 Å². The van der Waals surface area contributed by atoms with Gasteiger partial charge in [-0.3, -0.25) is 0 Å². The van der Waals surface area contributed by atoms with Crippen molar-refractivity contribution in [1.82, 2.24) is 0 Å². The SMILES string of the molecule is CN(C)c1ccc(CC(N)c2ccc(Cl)cc2)cc1. The monoisotopic (exact) mass is 274 g/mol. The molecule has 0 heterocycles. The van der Waals surface area contributed by atoms with Crippen LogP contribution < -0.4 is 10.6 Å². The molecular weight excluding hydrogens is 256 g/mol. The number of hydrogen-bond acceptors (Lipinski definition) is 2. The summed E-state index contributed by atoms with van der Waals surface area (Å²) in [6, 6.07) is 16.2. The van der Waals surface area contributed by atoms with Crippen LogP contribution in [0.5, 0.6) is 0 Å². The lowest BCUT2D eigenvalue weighted by molar-refractivity contribution is 0.722. The second-order valence-corrected chi connectivity index (χ2v) is 5.36. The number of nitrogens with zero attached hydrogens (tertiary/aromatic N) is 1. The van der Waals surface area contributed by atoms with Gasteiger partial charge in [0.25, 0.3) is 0 Å². The standard InChI is InChI=1S/C16H19ClN2/c1-19(2)15-9-3-12(4-10-15)11-16(18)13-5-7-14(17)8-6-13/h3-10,16H,11,18H2,1-2H3. The minimum atomic E-state index is 0.00229. The smallest absolute Gasteiger partial charge is 0.0406 e. The summed E-state index contributed by atoms with van der Waals surface area (Å²) in [5, 5.41) is 0.742. The number of anilines is 1. The molecule has 2 aromatic rings. The third-order valence-electron chi connectivity index (χ3n) is 3.21. The van der Waals surface area contributed by atoms with Crippen LogP contribution >= 0.6 is 11.6 Å². The third-order valence-corrected chi connectivity index (χ3v) is 3.46. The number of halogens is 1. The van der Waals surface area contributed by atoms with Crippen molar-refractivity contribution in [2.24, 2.45) is 5.73 Å². The van der Waals surface area contributed by atoms with E-state index in [0.29, 0.717) is 0 Å². The molecule has 2 aromatic carbocycles. The first kappa shape index (κ1) is 13.9. The summed E-state index contributed by atoms with van der Waals surface area (Å²) in [5.74, 6) is 0. The summed E-state index contributed by atoms with van der Waals surface area (Å²) >= 11 is 5.88. The average Bonchev–Trinajstić information content (AvgIpc) is 2.40. The Labute approximate surface area is 119 Å². The summed E-state index contributed by atoms with van der Waals surface area (Å²) in [6.45, 7) is 0. The van der Waals surface area contributed by atoms with Gasteiger partial charge in [-0.05, 0) is 41.8 Å². The minimum Gasteiger partial charge on any atom is -0.378 e. The van der Waals surface area contributed by atoms with E-state index in [9.17, 15) is 0 Å². The molecule has 2 N–H and O–H groups in total. The highest BCUT2D eigenvalue weighted by atomic mass is 35.5. The summed E-state index contributed by atoms with van der Waals surface area (Å²) in [5.41, 5.74) is 9.78. The molecular formula is C16H19ClN2. The Bertz CT molecular complexity index is 517. The van der Waals surface area contributed by atoms with E-state index in [1.807, 2.05) is 38.4 Å². The van der Waals surface area contributed by atoms with Gasteiger partial charge in [0.15, 0.2) is 0 Å². The van der Waals surface area contributed by atoms with Crippen molar-refractivity contribution in [2.45, 2.75) is 12.5 Å². The fourth-order valence-corrected chi connectivity index (χ4v) is 2.14. The molecule has 0 aromatic heterocycles. The zero-order chi connectivity index (χ0) is 13.8. The van der Waals surface area contributed by atoms with Crippen LogP contribution in [0.3, 0.4) is 0 Å². The maximum atomic E-state index is 6.22. The molecule has 0 amide bonds. The van der Waals surface area contributed by atoms with Gasteiger partial charge in [0.05, 0.1) is 0 Å². The number of nitrogens with two attached hydrogens (primary N) is 1. The highest BCUT2D eigenvalue weighted by molar-refractivity contribution is 6.30. The Hall–Kier alpha value is -1.51. The van der Waals surface area contributed by atoms with Gasteiger partial charge in [-0.1, -0.05) is 35.9 Å². The Balaban J connectivity index is 2.06. The molecule has 0 saturated carbocycles. The van der Waals surface area contributed by atoms with Crippen molar-refractivity contribution in [2.75, 3.05) is 19.0 Å². The van der Waals surface area contributed by atoms with E-state index < -0.39 is 0 Å². The zero-order valence-corrected chi connectivity index (χ0v) is 12.1. The topological polar surface area (TPSA) is 29.3 Å². The largest absolute Gasteiger partial charge is 0.378 e. The highest BCUT2D eigenvalue weighted by Crippen LogP contribution is 2.20. The third kappa shape index (κ3) is 3.72. The van der Waals surface area contributed by atoms with E-state index in [1.54, 1.807) is 0 Å². The quantitative estimate of drug-likeness (QED) is 0.922. The molecule has 100 valence electrons. The summed E-state index contributed by atoms with van der Waals surface area (Å²) in [6.07, 6.45) is 0.829. The van der Waals surface area contributed by atoms with Crippen LogP contribution in [0.15, 0.2) is 48.5 Å². The Morgan fingerprint density at radius 1 is 1.00 bits per heavy atom. The highest BCUT2D eigenvalue weighted by Gasteiger charge is 2.07. The first-order valence-electron chi connectivity index (χ1n) is 6.33. The molecule has 2 nitrogen and oxygen atoms in total. The molecule has 0 aliphatic rings. The lowest BCUT2D eigenvalue weighted by atomic mass is 9.99. The maximum absolute atomic E-state index is 6.22.